The van der Waals surface area contributed by atoms with Gasteiger partial charge in [-0.15, -0.1) is 0 Å². The van der Waals surface area contributed by atoms with E-state index in [0.717, 1.165) is 21.2 Å². The first kappa shape index (κ1) is 29.7. The molecule has 1 heterocycles. The van der Waals surface area contributed by atoms with Crippen molar-refractivity contribution in [2.75, 3.05) is 26.9 Å². The summed E-state index contributed by atoms with van der Waals surface area (Å²) in [7, 11) is 1.60. The average molecular weight is 646 g/mol. The molecule has 0 unspecified atom stereocenters. The molecule has 0 saturated carbocycles. The zero-order valence-electron chi connectivity index (χ0n) is 22.5. The van der Waals surface area contributed by atoms with Crippen LogP contribution in [0.4, 0.5) is 0 Å². The topological polar surface area (TPSA) is 69.3 Å². The van der Waals surface area contributed by atoms with E-state index in [0.29, 0.717) is 65.0 Å². The summed E-state index contributed by atoms with van der Waals surface area (Å²) in [6.45, 7) is 5.62. The molecule has 1 N–H and O–H groups in total. The van der Waals surface area contributed by atoms with Crippen LogP contribution in [0.5, 0.6) is 23.0 Å². The van der Waals surface area contributed by atoms with Crippen molar-refractivity contribution in [1.29, 1.82) is 0 Å². The lowest BCUT2D eigenvalue weighted by Crippen LogP contribution is -2.32. The fourth-order valence-corrected chi connectivity index (χ4v) is 5.19. The molecule has 0 bridgehead atoms. The lowest BCUT2D eigenvalue weighted by molar-refractivity contribution is -0.122. The second-order valence-corrected chi connectivity index (χ2v) is 10.5. The molecule has 7 nitrogen and oxygen atoms in total. The van der Waals surface area contributed by atoms with Crippen molar-refractivity contribution in [3.63, 3.8) is 0 Å². The second-order valence-electron chi connectivity index (χ2n) is 8.78. The third-order valence-electron chi connectivity index (χ3n) is 6.09. The maximum Gasteiger partial charge on any atom is 0.276 e. The number of nitrogens with zero attached hydrogens (tertiary/aromatic N) is 1. The van der Waals surface area contributed by atoms with Gasteiger partial charge in [0.1, 0.15) is 23.8 Å². The van der Waals surface area contributed by atoms with Gasteiger partial charge in [-0.1, -0.05) is 39.7 Å². The van der Waals surface area contributed by atoms with Crippen LogP contribution in [-0.4, -0.2) is 42.8 Å². The number of hydrogen-bond donors (Lipinski definition) is 1. The molecule has 0 atom stereocenters. The van der Waals surface area contributed by atoms with Gasteiger partial charge in [-0.3, -0.25) is 9.69 Å². The zero-order valence-corrected chi connectivity index (χ0v) is 25.6. The number of carbonyl (C=O) groups is 1. The number of methoxy groups -OCH3 is 1. The molecule has 1 fully saturated rings. The Morgan fingerprint density at radius 3 is 2.40 bits per heavy atom. The zero-order chi connectivity index (χ0) is 28.6. The highest BCUT2D eigenvalue weighted by atomic mass is 79.9. The fraction of sp³-hybridized carbons (Fsp3) is 0.267. The molecule has 0 radical (unpaired) electrons. The van der Waals surface area contributed by atoms with Crippen LogP contribution in [0, 0.1) is 0 Å². The van der Waals surface area contributed by atoms with E-state index in [-0.39, 0.29) is 12.5 Å². The van der Waals surface area contributed by atoms with Gasteiger partial charge in [-0.05, 0) is 92.2 Å². The minimum absolute atomic E-state index is 0.184. The molecular formula is C30H30BrClN2O5S. The Bertz CT molecular complexity index is 1430. The SMILES string of the molecule is CCOc1ccc(CCN2C(=O)/C(=C\c3ccc(OC)c(COc4ccc(Br)cc4Cl)c3)NC2=S)cc1OCC. The summed E-state index contributed by atoms with van der Waals surface area (Å²) >= 11 is 15.2. The predicted octanol–water partition coefficient (Wildman–Crippen LogP) is 6.79. The molecule has 3 aromatic rings. The smallest absolute Gasteiger partial charge is 0.276 e. The fourth-order valence-electron chi connectivity index (χ4n) is 4.18. The van der Waals surface area contributed by atoms with Gasteiger partial charge < -0.3 is 24.3 Å². The first-order valence-corrected chi connectivity index (χ1v) is 14.4. The van der Waals surface area contributed by atoms with Gasteiger partial charge in [-0.2, -0.15) is 0 Å². The van der Waals surface area contributed by atoms with Gasteiger partial charge in [0, 0.05) is 16.6 Å². The Balaban J connectivity index is 1.45. The molecule has 1 aliphatic heterocycles. The predicted molar refractivity (Wildman–Crippen MR) is 164 cm³/mol. The molecule has 10 heteroatoms. The quantitative estimate of drug-likeness (QED) is 0.172. The molecule has 0 aliphatic carbocycles. The maximum absolute atomic E-state index is 13.2. The summed E-state index contributed by atoms with van der Waals surface area (Å²) in [5.41, 5.74) is 3.03. The van der Waals surface area contributed by atoms with Gasteiger partial charge in [0.05, 0.1) is 25.3 Å². The van der Waals surface area contributed by atoms with Crippen LogP contribution in [0.25, 0.3) is 6.08 Å². The van der Waals surface area contributed by atoms with Crippen LogP contribution in [0.2, 0.25) is 5.02 Å². The van der Waals surface area contributed by atoms with Crippen LogP contribution in [-0.2, 0) is 17.8 Å². The number of thiocarbonyl (C=S) groups is 1. The number of carbonyl (C=O) groups excluding carboxylic acids is 1. The number of ether oxygens (including phenoxy) is 4. The average Bonchev–Trinajstić information content (AvgIpc) is 3.20. The Kier molecular flexibility index (Phi) is 10.3. The van der Waals surface area contributed by atoms with Crippen LogP contribution in [0.15, 0.2) is 64.8 Å². The Labute approximate surface area is 253 Å². The number of amides is 1. The standard InChI is InChI=1S/C30H30BrClN2O5S/c1-4-37-27-10-6-19(16-28(27)38-5-2)12-13-34-29(35)24(33-30(34)40)15-20-7-9-25(36-3)21(14-20)18-39-26-11-8-22(31)17-23(26)32/h6-11,14-17H,4-5,12-13,18H2,1-3H3,(H,33,40)/b24-15+. The molecule has 1 saturated heterocycles. The van der Waals surface area contributed by atoms with Crippen molar-refractivity contribution in [2.45, 2.75) is 26.9 Å². The van der Waals surface area contributed by atoms with Crippen LogP contribution < -0.4 is 24.3 Å². The minimum Gasteiger partial charge on any atom is -0.496 e. The Morgan fingerprint density at radius 1 is 0.950 bits per heavy atom. The summed E-state index contributed by atoms with van der Waals surface area (Å²) in [6, 6.07) is 16.9. The lowest BCUT2D eigenvalue weighted by atomic mass is 10.1. The van der Waals surface area contributed by atoms with Gasteiger partial charge in [0.25, 0.3) is 5.91 Å². The van der Waals surface area contributed by atoms with Gasteiger partial charge in [0.2, 0.25) is 0 Å². The third kappa shape index (κ3) is 7.27. The minimum atomic E-state index is -0.184. The highest BCUT2D eigenvalue weighted by molar-refractivity contribution is 9.10. The van der Waals surface area contributed by atoms with Crippen molar-refractivity contribution in [1.82, 2.24) is 10.2 Å². The number of benzene rings is 3. The van der Waals surface area contributed by atoms with E-state index >= 15 is 0 Å². The van der Waals surface area contributed by atoms with E-state index in [9.17, 15) is 4.79 Å². The summed E-state index contributed by atoms with van der Waals surface area (Å²) in [4.78, 5) is 14.8. The molecule has 0 aromatic heterocycles. The van der Waals surface area contributed by atoms with E-state index in [2.05, 4.69) is 21.2 Å². The molecule has 3 aromatic carbocycles. The maximum atomic E-state index is 13.2. The molecule has 0 spiro atoms. The number of rotatable bonds is 12. The molecule has 40 heavy (non-hydrogen) atoms. The van der Waals surface area contributed by atoms with Gasteiger partial charge in [-0.25, -0.2) is 0 Å². The van der Waals surface area contributed by atoms with E-state index < -0.39 is 0 Å². The van der Waals surface area contributed by atoms with Crippen LogP contribution >= 0.6 is 39.7 Å². The van der Waals surface area contributed by atoms with Crippen molar-refractivity contribution in [3.8, 4) is 23.0 Å². The summed E-state index contributed by atoms with van der Waals surface area (Å²) in [6.07, 6.45) is 2.38. The number of hydrogen-bond acceptors (Lipinski definition) is 6. The molecule has 4 rings (SSSR count). The van der Waals surface area contributed by atoms with E-state index in [1.807, 2.05) is 56.3 Å². The molecular weight excluding hydrogens is 616 g/mol. The van der Waals surface area contributed by atoms with Crippen molar-refractivity contribution in [2.24, 2.45) is 0 Å². The van der Waals surface area contributed by atoms with E-state index in [1.54, 1.807) is 30.2 Å². The van der Waals surface area contributed by atoms with Gasteiger partial charge >= 0.3 is 0 Å². The van der Waals surface area contributed by atoms with Crippen molar-refractivity contribution >= 4 is 56.8 Å². The van der Waals surface area contributed by atoms with E-state index in [4.69, 9.17) is 42.8 Å². The largest absolute Gasteiger partial charge is 0.496 e. The van der Waals surface area contributed by atoms with Crippen molar-refractivity contribution < 1.29 is 23.7 Å². The number of halogens is 2. The Hall–Kier alpha value is -3.27. The highest BCUT2D eigenvalue weighted by Crippen LogP contribution is 2.31. The van der Waals surface area contributed by atoms with Crippen LogP contribution in [0.1, 0.15) is 30.5 Å². The molecule has 1 amide bonds. The molecule has 1 aliphatic rings. The van der Waals surface area contributed by atoms with Crippen molar-refractivity contribution in [3.05, 3.63) is 86.5 Å². The second kappa shape index (κ2) is 13.9. The normalized spacial score (nSPS) is 13.9. The van der Waals surface area contributed by atoms with Crippen LogP contribution in [0.3, 0.4) is 0 Å². The first-order chi connectivity index (χ1) is 19.3. The monoisotopic (exact) mass is 644 g/mol. The number of nitrogens with one attached hydrogen (secondary N) is 1. The first-order valence-electron chi connectivity index (χ1n) is 12.8. The molecule has 210 valence electrons. The third-order valence-corrected chi connectivity index (χ3v) is 7.20. The highest BCUT2D eigenvalue weighted by Gasteiger charge is 2.30. The summed E-state index contributed by atoms with van der Waals surface area (Å²) in [5, 5.41) is 3.92. The lowest BCUT2D eigenvalue weighted by Gasteiger charge is -2.16. The van der Waals surface area contributed by atoms with Gasteiger partial charge in [0.15, 0.2) is 16.6 Å². The van der Waals surface area contributed by atoms with E-state index in [1.165, 1.54) is 0 Å². The Morgan fingerprint density at radius 2 is 1.68 bits per heavy atom. The summed E-state index contributed by atoms with van der Waals surface area (Å²) < 4.78 is 23.7. The summed E-state index contributed by atoms with van der Waals surface area (Å²) in [5.74, 6) is 2.44.